The summed E-state index contributed by atoms with van der Waals surface area (Å²) in [5.41, 5.74) is -0.348. The maximum Gasteiger partial charge on any atom is 0.225 e. The summed E-state index contributed by atoms with van der Waals surface area (Å²) in [5, 5.41) is 9.93. The fourth-order valence-electron chi connectivity index (χ4n) is 2.90. The average Bonchev–Trinajstić information content (AvgIpc) is 2.80. The zero-order chi connectivity index (χ0) is 16.2. The maximum atomic E-state index is 12.4. The van der Waals surface area contributed by atoms with Crippen LogP contribution in [0.3, 0.4) is 0 Å². The zero-order valence-electron chi connectivity index (χ0n) is 13.6. The Kier molecular flexibility index (Phi) is 5.74. The van der Waals surface area contributed by atoms with Crippen molar-refractivity contribution < 1.29 is 9.53 Å². The molecule has 1 aromatic heterocycles. The lowest BCUT2D eigenvalue weighted by atomic mass is 9.79. The molecule has 1 aliphatic heterocycles. The molecule has 0 unspecified atom stereocenters. The topological polar surface area (TPSA) is 71.9 Å². The molecule has 6 nitrogen and oxygen atoms in total. The highest BCUT2D eigenvalue weighted by Crippen LogP contribution is 2.31. The Hall–Kier alpha value is -1.21. The Morgan fingerprint density at radius 3 is 2.77 bits per heavy atom. The third-order valence-electron chi connectivity index (χ3n) is 4.36. The lowest BCUT2D eigenvalue weighted by molar-refractivity contribution is -0.130. The molecule has 1 fully saturated rings. The van der Waals surface area contributed by atoms with Gasteiger partial charge in [0.2, 0.25) is 5.91 Å². The molecule has 2 N–H and O–H groups in total. The smallest absolute Gasteiger partial charge is 0.225 e. The van der Waals surface area contributed by atoms with Crippen LogP contribution in [0.5, 0.6) is 0 Å². The van der Waals surface area contributed by atoms with E-state index in [0.29, 0.717) is 23.7 Å². The minimum Gasteiger partial charge on any atom is -0.381 e. The molecule has 1 aromatic rings. The van der Waals surface area contributed by atoms with E-state index in [1.807, 2.05) is 25.5 Å². The molecule has 0 spiro atoms. The van der Waals surface area contributed by atoms with Crippen LogP contribution >= 0.6 is 12.2 Å². The number of nitrogens with zero attached hydrogens (tertiary/aromatic N) is 2. The van der Waals surface area contributed by atoms with Gasteiger partial charge in [0, 0.05) is 38.6 Å². The zero-order valence-corrected chi connectivity index (χ0v) is 14.5. The van der Waals surface area contributed by atoms with Gasteiger partial charge in [0.1, 0.15) is 5.82 Å². The van der Waals surface area contributed by atoms with Gasteiger partial charge in [-0.1, -0.05) is 13.8 Å². The number of hydrogen-bond acceptors (Lipinski definition) is 4. The van der Waals surface area contributed by atoms with Crippen molar-refractivity contribution in [3.05, 3.63) is 10.6 Å². The van der Waals surface area contributed by atoms with Gasteiger partial charge in [-0.05, 0) is 37.4 Å². The first kappa shape index (κ1) is 17.1. The minimum atomic E-state index is -0.348. The molecule has 22 heavy (non-hydrogen) atoms. The Balaban J connectivity index is 1.79. The van der Waals surface area contributed by atoms with Crippen LogP contribution < -0.4 is 5.32 Å². The van der Waals surface area contributed by atoms with Crippen LogP contribution in [0.25, 0.3) is 0 Å². The second kappa shape index (κ2) is 7.37. The SMILES string of the molecule is Cn1c(CCNC(=O)C(C)(C)CC2CCOCC2)n[nH]c1=S. The highest BCUT2D eigenvalue weighted by molar-refractivity contribution is 7.71. The number of nitrogens with one attached hydrogen (secondary N) is 2. The van der Waals surface area contributed by atoms with Crippen molar-refractivity contribution in [2.45, 2.75) is 39.5 Å². The van der Waals surface area contributed by atoms with Gasteiger partial charge in [-0.2, -0.15) is 5.10 Å². The van der Waals surface area contributed by atoms with Gasteiger partial charge >= 0.3 is 0 Å². The minimum absolute atomic E-state index is 0.107. The van der Waals surface area contributed by atoms with Crippen molar-refractivity contribution in [3.8, 4) is 0 Å². The van der Waals surface area contributed by atoms with Crippen LogP contribution in [-0.2, 0) is 23.0 Å². The molecule has 2 rings (SSSR count). The van der Waals surface area contributed by atoms with Crippen molar-refractivity contribution in [1.29, 1.82) is 0 Å². The highest BCUT2D eigenvalue weighted by atomic mass is 32.1. The quantitative estimate of drug-likeness (QED) is 0.784. The first-order valence-electron chi connectivity index (χ1n) is 7.86. The van der Waals surface area contributed by atoms with Gasteiger partial charge in [0.25, 0.3) is 0 Å². The standard InChI is InChI=1S/C15H26N4O2S/c1-15(2,10-11-5-8-21-9-6-11)13(20)16-7-4-12-17-18-14(22)19(12)3/h11H,4-10H2,1-3H3,(H,16,20)(H,18,22). The van der Waals surface area contributed by atoms with Gasteiger partial charge < -0.3 is 14.6 Å². The Morgan fingerprint density at radius 2 is 2.18 bits per heavy atom. The van der Waals surface area contributed by atoms with Crippen molar-refractivity contribution in [3.63, 3.8) is 0 Å². The molecule has 1 aliphatic rings. The number of carbonyl (C=O) groups excluding carboxylic acids is 1. The molecule has 0 aromatic carbocycles. The van der Waals surface area contributed by atoms with Crippen molar-refractivity contribution in [2.24, 2.45) is 18.4 Å². The normalized spacial score (nSPS) is 16.7. The molecule has 124 valence electrons. The van der Waals surface area contributed by atoms with Crippen molar-refractivity contribution >= 4 is 18.1 Å². The number of ether oxygens (including phenoxy) is 1. The highest BCUT2D eigenvalue weighted by Gasteiger charge is 2.31. The van der Waals surface area contributed by atoms with E-state index >= 15 is 0 Å². The van der Waals surface area contributed by atoms with Crippen molar-refractivity contribution in [1.82, 2.24) is 20.1 Å². The largest absolute Gasteiger partial charge is 0.381 e. The third kappa shape index (κ3) is 4.39. The molecule has 0 aliphatic carbocycles. The second-order valence-corrected chi connectivity index (χ2v) is 7.04. The summed E-state index contributed by atoms with van der Waals surface area (Å²) in [5.74, 6) is 1.55. The second-order valence-electron chi connectivity index (χ2n) is 6.65. The van der Waals surface area contributed by atoms with E-state index in [0.717, 1.165) is 38.3 Å². The first-order chi connectivity index (χ1) is 10.4. The molecule has 0 radical (unpaired) electrons. The summed E-state index contributed by atoms with van der Waals surface area (Å²) < 4.78 is 7.81. The van der Waals surface area contributed by atoms with Gasteiger partial charge in [-0.15, -0.1) is 0 Å². The molecular weight excluding hydrogens is 300 g/mol. The van der Waals surface area contributed by atoms with Gasteiger partial charge in [0.15, 0.2) is 4.77 Å². The Morgan fingerprint density at radius 1 is 1.50 bits per heavy atom. The lowest BCUT2D eigenvalue weighted by Crippen LogP contribution is -2.40. The number of hydrogen-bond donors (Lipinski definition) is 2. The Labute approximate surface area is 136 Å². The number of aromatic nitrogens is 3. The van der Waals surface area contributed by atoms with Crippen LogP contribution in [0.2, 0.25) is 0 Å². The van der Waals surface area contributed by atoms with Crippen LogP contribution in [0.15, 0.2) is 0 Å². The molecule has 0 atom stereocenters. The third-order valence-corrected chi connectivity index (χ3v) is 4.73. The summed E-state index contributed by atoms with van der Waals surface area (Å²) in [6.45, 7) is 6.26. The molecule has 2 heterocycles. The van der Waals surface area contributed by atoms with E-state index in [2.05, 4.69) is 15.5 Å². The molecule has 0 bridgehead atoms. The summed E-state index contributed by atoms with van der Waals surface area (Å²) >= 11 is 5.07. The molecule has 7 heteroatoms. The summed E-state index contributed by atoms with van der Waals surface area (Å²) in [6.07, 6.45) is 3.69. The number of H-pyrrole nitrogens is 1. The lowest BCUT2D eigenvalue weighted by Gasteiger charge is -2.30. The van der Waals surface area contributed by atoms with Crippen LogP contribution in [0.4, 0.5) is 0 Å². The van der Waals surface area contributed by atoms with Gasteiger partial charge in [0.05, 0.1) is 0 Å². The number of rotatable bonds is 6. The van der Waals surface area contributed by atoms with Crippen LogP contribution in [-0.4, -0.2) is 40.4 Å². The summed E-state index contributed by atoms with van der Waals surface area (Å²) in [4.78, 5) is 12.4. The van der Waals surface area contributed by atoms with E-state index in [1.165, 1.54) is 0 Å². The fourth-order valence-corrected chi connectivity index (χ4v) is 3.05. The predicted octanol–water partition coefficient (Wildman–Crippen LogP) is 1.98. The van der Waals surface area contributed by atoms with E-state index in [-0.39, 0.29) is 11.3 Å². The van der Waals surface area contributed by atoms with Gasteiger partial charge in [-0.3, -0.25) is 9.89 Å². The van der Waals surface area contributed by atoms with Crippen LogP contribution in [0.1, 0.15) is 38.9 Å². The maximum absolute atomic E-state index is 12.4. The molecule has 0 saturated carbocycles. The average molecular weight is 326 g/mol. The van der Waals surface area contributed by atoms with E-state index in [4.69, 9.17) is 17.0 Å². The predicted molar refractivity (Wildman–Crippen MR) is 87.0 cm³/mol. The number of carbonyl (C=O) groups is 1. The number of aromatic amines is 1. The monoisotopic (exact) mass is 326 g/mol. The first-order valence-corrected chi connectivity index (χ1v) is 8.27. The Bertz CT molecular complexity index is 558. The van der Waals surface area contributed by atoms with E-state index in [9.17, 15) is 4.79 Å². The van der Waals surface area contributed by atoms with Gasteiger partial charge in [-0.25, -0.2) is 0 Å². The summed E-state index contributed by atoms with van der Waals surface area (Å²) in [6, 6.07) is 0. The van der Waals surface area contributed by atoms with E-state index < -0.39 is 0 Å². The molecule has 1 amide bonds. The van der Waals surface area contributed by atoms with Crippen LogP contribution in [0, 0.1) is 16.1 Å². The fraction of sp³-hybridized carbons (Fsp3) is 0.800. The molecule has 1 saturated heterocycles. The number of amides is 1. The van der Waals surface area contributed by atoms with Crippen molar-refractivity contribution in [2.75, 3.05) is 19.8 Å². The van der Waals surface area contributed by atoms with E-state index in [1.54, 1.807) is 0 Å². The summed E-state index contributed by atoms with van der Waals surface area (Å²) in [7, 11) is 1.87. The molecular formula is C15H26N4O2S.